The summed E-state index contributed by atoms with van der Waals surface area (Å²) in [7, 11) is 0. The van der Waals surface area contributed by atoms with Crippen molar-refractivity contribution in [3.05, 3.63) is 39.7 Å². The molecule has 0 aliphatic heterocycles. The lowest BCUT2D eigenvalue weighted by molar-refractivity contribution is -0.309. The van der Waals surface area contributed by atoms with Gasteiger partial charge >= 0.3 is 5.63 Å². The maximum absolute atomic E-state index is 12.5. The molecule has 1 amide bonds. The zero-order chi connectivity index (χ0) is 22.4. The molecule has 3 atom stereocenters. The molecule has 0 saturated heterocycles. The molecule has 0 aliphatic rings. The second kappa shape index (κ2) is 10.3. The van der Waals surface area contributed by atoms with Gasteiger partial charge in [0.15, 0.2) is 6.10 Å². The standard InChI is InChI=1S/C23H31NO6/c1-6-8-9-16-12-19(25)30-21-14(4)18(11-10-17(16)21)29-15(5)22(26)24-20(23(27)28)13(3)7-2/h10-13,15,20H,6-9H2,1-5H3,(H,24,26)(H,27,28)/p-1/t13-,15+,20-/m0/s1. The van der Waals surface area contributed by atoms with E-state index in [1.54, 1.807) is 19.9 Å². The van der Waals surface area contributed by atoms with Crippen molar-refractivity contribution >= 4 is 22.8 Å². The topological polar surface area (TPSA) is 109 Å². The van der Waals surface area contributed by atoms with E-state index < -0.39 is 29.6 Å². The number of carbonyl (C=O) groups is 2. The Bertz CT molecular complexity index is 964. The first-order valence-electron chi connectivity index (χ1n) is 10.4. The lowest BCUT2D eigenvalue weighted by Gasteiger charge is -2.27. The summed E-state index contributed by atoms with van der Waals surface area (Å²) in [5.41, 5.74) is 1.55. The number of hydrogen-bond acceptors (Lipinski definition) is 6. The lowest BCUT2D eigenvalue weighted by Crippen LogP contribution is -2.54. The third-order valence-electron chi connectivity index (χ3n) is 5.43. The Morgan fingerprint density at radius 2 is 1.93 bits per heavy atom. The van der Waals surface area contributed by atoms with E-state index in [9.17, 15) is 19.5 Å². The number of nitrogens with one attached hydrogen (secondary N) is 1. The summed E-state index contributed by atoms with van der Waals surface area (Å²) in [5.74, 6) is -1.76. The first kappa shape index (κ1) is 23.4. The van der Waals surface area contributed by atoms with Gasteiger partial charge < -0.3 is 24.4 Å². The fraction of sp³-hybridized carbons (Fsp3) is 0.522. The van der Waals surface area contributed by atoms with E-state index in [1.165, 1.54) is 13.0 Å². The van der Waals surface area contributed by atoms with Gasteiger partial charge in [0.1, 0.15) is 11.3 Å². The van der Waals surface area contributed by atoms with Crippen molar-refractivity contribution in [3.63, 3.8) is 0 Å². The number of benzene rings is 1. The van der Waals surface area contributed by atoms with Crippen LogP contribution in [0.1, 0.15) is 58.1 Å². The second-order valence-corrected chi connectivity index (χ2v) is 7.71. The highest BCUT2D eigenvalue weighted by molar-refractivity contribution is 5.87. The maximum atomic E-state index is 12.5. The van der Waals surface area contributed by atoms with Crippen molar-refractivity contribution in [3.8, 4) is 5.75 Å². The van der Waals surface area contributed by atoms with Crippen molar-refractivity contribution in [1.29, 1.82) is 0 Å². The molecule has 0 saturated carbocycles. The Morgan fingerprint density at radius 1 is 1.23 bits per heavy atom. The number of unbranched alkanes of at least 4 members (excludes halogenated alkanes) is 1. The van der Waals surface area contributed by atoms with E-state index in [1.807, 2.05) is 13.0 Å². The number of aliphatic carboxylic acids is 1. The average Bonchev–Trinajstić information content (AvgIpc) is 2.71. The van der Waals surface area contributed by atoms with Gasteiger partial charge in [-0.05, 0) is 50.3 Å². The molecule has 0 unspecified atom stereocenters. The molecule has 1 heterocycles. The van der Waals surface area contributed by atoms with Crippen molar-refractivity contribution in [2.24, 2.45) is 5.92 Å². The molecule has 1 aromatic carbocycles. The Labute approximate surface area is 176 Å². The van der Waals surface area contributed by atoms with Crippen molar-refractivity contribution < 1.29 is 23.8 Å². The number of aryl methyl sites for hydroxylation is 2. The number of ether oxygens (including phenoxy) is 1. The van der Waals surface area contributed by atoms with Crippen LogP contribution in [0.15, 0.2) is 27.4 Å². The van der Waals surface area contributed by atoms with Crippen molar-refractivity contribution in [2.45, 2.75) is 72.4 Å². The normalized spacial score (nSPS) is 14.2. The average molecular weight is 416 g/mol. The highest BCUT2D eigenvalue weighted by atomic mass is 16.5. The van der Waals surface area contributed by atoms with E-state index >= 15 is 0 Å². The number of hydrogen-bond donors (Lipinski definition) is 1. The molecule has 30 heavy (non-hydrogen) atoms. The lowest BCUT2D eigenvalue weighted by atomic mass is 9.99. The van der Waals surface area contributed by atoms with Gasteiger partial charge in [0.25, 0.3) is 5.91 Å². The summed E-state index contributed by atoms with van der Waals surface area (Å²) in [6, 6.07) is 3.98. The molecule has 1 N–H and O–H groups in total. The van der Waals surface area contributed by atoms with Gasteiger partial charge in [-0.2, -0.15) is 0 Å². The van der Waals surface area contributed by atoms with Gasteiger partial charge in [0, 0.05) is 17.0 Å². The number of rotatable bonds is 10. The summed E-state index contributed by atoms with van der Waals surface area (Å²) < 4.78 is 11.2. The Hall–Kier alpha value is -2.83. The number of fused-ring (bicyclic) bond motifs is 1. The summed E-state index contributed by atoms with van der Waals surface area (Å²) in [4.78, 5) is 35.8. The van der Waals surface area contributed by atoms with E-state index in [2.05, 4.69) is 12.2 Å². The van der Waals surface area contributed by atoms with E-state index in [0.717, 1.165) is 30.2 Å². The van der Waals surface area contributed by atoms with Crippen molar-refractivity contribution in [1.82, 2.24) is 5.32 Å². The van der Waals surface area contributed by atoms with Crippen LogP contribution in [0.3, 0.4) is 0 Å². The fourth-order valence-corrected chi connectivity index (χ4v) is 3.29. The molecule has 1 aromatic heterocycles. The van der Waals surface area contributed by atoms with Gasteiger partial charge in [-0.25, -0.2) is 4.79 Å². The zero-order valence-electron chi connectivity index (χ0n) is 18.2. The van der Waals surface area contributed by atoms with Crippen LogP contribution in [-0.4, -0.2) is 24.0 Å². The van der Waals surface area contributed by atoms with Crippen LogP contribution in [0.4, 0.5) is 0 Å². The van der Waals surface area contributed by atoms with E-state index in [4.69, 9.17) is 9.15 Å². The first-order valence-corrected chi connectivity index (χ1v) is 10.4. The minimum atomic E-state index is -1.33. The minimum Gasteiger partial charge on any atom is -0.548 e. The first-order chi connectivity index (χ1) is 14.2. The SMILES string of the molecule is CCCCc1cc(=O)oc2c(C)c(O[C@H](C)C(=O)N[C@H](C(=O)[O-])[C@@H](C)CC)ccc12. The van der Waals surface area contributed by atoms with Crippen LogP contribution < -0.4 is 20.8 Å². The fourth-order valence-electron chi connectivity index (χ4n) is 3.29. The molecule has 2 aromatic rings. The van der Waals surface area contributed by atoms with E-state index in [0.29, 0.717) is 23.3 Å². The molecule has 7 heteroatoms. The van der Waals surface area contributed by atoms with Crippen LogP contribution >= 0.6 is 0 Å². The number of carbonyl (C=O) groups excluding carboxylic acids is 2. The predicted molar refractivity (Wildman–Crippen MR) is 112 cm³/mol. The van der Waals surface area contributed by atoms with Crippen LogP contribution in [0.2, 0.25) is 0 Å². The highest BCUT2D eigenvalue weighted by Crippen LogP contribution is 2.29. The summed E-state index contributed by atoms with van der Waals surface area (Å²) in [5, 5.41) is 14.7. The van der Waals surface area contributed by atoms with Crippen LogP contribution in [0.5, 0.6) is 5.75 Å². The highest BCUT2D eigenvalue weighted by Gasteiger charge is 2.24. The third kappa shape index (κ3) is 5.40. The number of amides is 1. The number of carboxylic acids is 1. The molecule has 0 bridgehead atoms. The smallest absolute Gasteiger partial charge is 0.336 e. The Balaban J connectivity index is 2.26. The summed E-state index contributed by atoms with van der Waals surface area (Å²) >= 11 is 0. The molecule has 2 rings (SSSR count). The molecule has 0 spiro atoms. The van der Waals surface area contributed by atoms with E-state index in [-0.39, 0.29) is 5.92 Å². The summed E-state index contributed by atoms with van der Waals surface area (Å²) in [6.45, 7) is 8.96. The molecule has 0 radical (unpaired) electrons. The molecule has 7 nitrogen and oxygen atoms in total. The molecule has 0 fully saturated rings. The predicted octanol–water partition coefficient (Wildman–Crippen LogP) is 2.49. The third-order valence-corrected chi connectivity index (χ3v) is 5.43. The molecular formula is C23H30NO6-. The monoisotopic (exact) mass is 416 g/mol. The quantitative estimate of drug-likeness (QED) is 0.596. The zero-order valence-corrected chi connectivity index (χ0v) is 18.2. The van der Waals surface area contributed by atoms with Crippen LogP contribution in [-0.2, 0) is 16.0 Å². The second-order valence-electron chi connectivity index (χ2n) is 7.71. The molecule has 164 valence electrons. The molecule has 0 aliphatic carbocycles. The van der Waals surface area contributed by atoms with Gasteiger partial charge in [0.05, 0.1) is 12.0 Å². The van der Waals surface area contributed by atoms with Gasteiger partial charge in [0.2, 0.25) is 0 Å². The Kier molecular flexibility index (Phi) is 8.03. The van der Waals surface area contributed by atoms with Crippen LogP contribution in [0.25, 0.3) is 11.0 Å². The van der Waals surface area contributed by atoms with Gasteiger partial charge in [-0.1, -0.05) is 33.6 Å². The summed E-state index contributed by atoms with van der Waals surface area (Å²) in [6.07, 6.45) is 2.39. The van der Waals surface area contributed by atoms with Crippen LogP contribution in [0, 0.1) is 12.8 Å². The molecular weight excluding hydrogens is 386 g/mol. The van der Waals surface area contributed by atoms with Gasteiger partial charge in [-0.15, -0.1) is 0 Å². The van der Waals surface area contributed by atoms with Gasteiger partial charge in [-0.3, -0.25) is 4.79 Å². The Morgan fingerprint density at radius 3 is 2.53 bits per heavy atom. The minimum absolute atomic E-state index is 0.274. The van der Waals surface area contributed by atoms with Crippen molar-refractivity contribution in [2.75, 3.05) is 0 Å². The largest absolute Gasteiger partial charge is 0.548 e. The number of carboxylic acid groups (broad SMARTS) is 1. The maximum Gasteiger partial charge on any atom is 0.336 e.